The van der Waals surface area contributed by atoms with E-state index in [0.29, 0.717) is 5.56 Å². The highest BCUT2D eigenvalue weighted by Crippen LogP contribution is 2.18. The second-order valence-corrected chi connectivity index (χ2v) is 3.21. The SMILES string of the molecule is CC(N)C(F)Cc1ccccc1O. The molecule has 3 heteroatoms. The van der Waals surface area contributed by atoms with E-state index in [0.717, 1.165) is 0 Å². The van der Waals surface area contributed by atoms with Gasteiger partial charge in [-0.1, -0.05) is 18.2 Å². The van der Waals surface area contributed by atoms with Gasteiger partial charge in [-0.05, 0) is 18.6 Å². The minimum absolute atomic E-state index is 0.130. The van der Waals surface area contributed by atoms with Crippen molar-refractivity contribution in [2.24, 2.45) is 5.73 Å². The van der Waals surface area contributed by atoms with Gasteiger partial charge in [0, 0.05) is 12.5 Å². The van der Waals surface area contributed by atoms with Crippen molar-refractivity contribution < 1.29 is 9.50 Å². The molecule has 0 saturated heterocycles. The van der Waals surface area contributed by atoms with Gasteiger partial charge < -0.3 is 10.8 Å². The zero-order chi connectivity index (χ0) is 9.84. The molecule has 0 saturated carbocycles. The molecule has 1 aromatic carbocycles. The van der Waals surface area contributed by atoms with Crippen LogP contribution in [-0.4, -0.2) is 17.3 Å². The Morgan fingerprint density at radius 2 is 2.08 bits per heavy atom. The summed E-state index contributed by atoms with van der Waals surface area (Å²) < 4.78 is 13.2. The van der Waals surface area contributed by atoms with E-state index in [2.05, 4.69) is 0 Å². The Morgan fingerprint density at radius 1 is 1.46 bits per heavy atom. The van der Waals surface area contributed by atoms with E-state index in [4.69, 9.17) is 5.73 Å². The Hall–Kier alpha value is -1.09. The number of nitrogens with two attached hydrogens (primary N) is 1. The van der Waals surface area contributed by atoms with E-state index in [9.17, 15) is 9.50 Å². The molecule has 0 heterocycles. The van der Waals surface area contributed by atoms with Crippen LogP contribution in [0.4, 0.5) is 4.39 Å². The first-order valence-corrected chi connectivity index (χ1v) is 4.27. The van der Waals surface area contributed by atoms with Gasteiger partial charge in [-0.25, -0.2) is 4.39 Å². The molecule has 2 unspecified atom stereocenters. The normalized spacial score (nSPS) is 15.3. The molecular formula is C10H14FNO. The maximum Gasteiger partial charge on any atom is 0.119 e. The number of alkyl halides is 1. The summed E-state index contributed by atoms with van der Waals surface area (Å²) in [5.41, 5.74) is 5.98. The molecule has 0 aliphatic rings. The summed E-state index contributed by atoms with van der Waals surface area (Å²) in [5, 5.41) is 9.33. The first-order chi connectivity index (χ1) is 6.11. The first kappa shape index (κ1) is 9.99. The van der Waals surface area contributed by atoms with E-state index >= 15 is 0 Å². The molecule has 13 heavy (non-hydrogen) atoms. The molecule has 0 amide bonds. The number of hydrogen-bond acceptors (Lipinski definition) is 2. The van der Waals surface area contributed by atoms with Gasteiger partial charge in [-0.3, -0.25) is 0 Å². The molecule has 0 aliphatic carbocycles. The molecule has 3 N–H and O–H groups in total. The molecule has 0 aromatic heterocycles. The Labute approximate surface area is 77.2 Å². The molecule has 0 fully saturated rings. The van der Waals surface area contributed by atoms with Crippen LogP contribution in [0.2, 0.25) is 0 Å². The lowest BCUT2D eigenvalue weighted by Crippen LogP contribution is -2.29. The van der Waals surface area contributed by atoms with Gasteiger partial charge in [0.2, 0.25) is 0 Å². The fraction of sp³-hybridized carbons (Fsp3) is 0.400. The summed E-state index contributed by atoms with van der Waals surface area (Å²) in [4.78, 5) is 0. The van der Waals surface area contributed by atoms with Crippen LogP contribution in [0.25, 0.3) is 0 Å². The highest BCUT2D eigenvalue weighted by atomic mass is 19.1. The number of hydrogen-bond donors (Lipinski definition) is 2. The molecule has 72 valence electrons. The van der Waals surface area contributed by atoms with E-state index in [-0.39, 0.29) is 12.2 Å². The number of benzene rings is 1. The molecule has 1 aromatic rings. The summed E-state index contributed by atoms with van der Waals surface area (Å²) in [7, 11) is 0. The molecule has 0 radical (unpaired) electrons. The second-order valence-electron chi connectivity index (χ2n) is 3.21. The van der Waals surface area contributed by atoms with Crippen LogP contribution in [0, 0.1) is 0 Å². The molecule has 2 atom stereocenters. The summed E-state index contributed by atoms with van der Waals surface area (Å²) in [6.45, 7) is 1.62. The Balaban J connectivity index is 2.69. The van der Waals surface area contributed by atoms with Gasteiger partial charge in [0.1, 0.15) is 11.9 Å². The molecule has 0 bridgehead atoms. The number of halogens is 1. The van der Waals surface area contributed by atoms with Crippen LogP contribution >= 0.6 is 0 Å². The van der Waals surface area contributed by atoms with Crippen molar-refractivity contribution in [3.05, 3.63) is 29.8 Å². The number of phenols is 1. The minimum atomic E-state index is -1.10. The van der Waals surface area contributed by atoms with Crippen molar-refractivity contribution in [1.82, 2.24) is 0 Å². The van der Waals surface area contributed by atoms with Crippen LogP contribution in [0.15, 0.2) is 24.3 Å². The van der Waals surface area contributed by atoms with Crippen molar-refractivity contribution in [3.8, 4) is 5.75 Å². The Bertz CT molecular complexity index is 275. The average molecular weight is 183 g/mol. The summed E-state index contributed by atoms with van der Waals surface area (Å²) >= 11 is 0. The van der Waals surface area contributed by atoms with Crippen molar-refractivity contribution in [1.29, 1.82) is 0 Å². The predicted molar refractivity (Wildman–Crippen MR) is 50.4 cm³/mol. The van der Waals surface area contributed by atoms with Gasteiger partial charge >= 0.3 is 0 Å². The van der Waals surface area contributed by atoms with Crippen LogP contribution in [0.3, 0.4) is 0 Å². The fourth-order valence-electron chi connectivity index (χ4n) is 1.08. The highest BCUT2D eigenvalue weighted by Gasteiger charge is 2.14. The smallest absolute Gasteiger partial charge is 0.119 e. The maximum absolute atomic E-state index is 13.2. The lowest BCUT2D eigenvalue weighted by atomic mass is 10.0. The average Bonchev–Trinajstić information content (AvgIpc) is 2.08. The van der Waals surface area contributed by atoms with Gasteiger partial charge in [-0.2, -0.15) is 0 Å². The topological polar surface area (TPSA) is 46.2 Å². The standard InChI is InChI=1S/C10H14FNO/c1-7(12)9(11)6-8-4-2-3-5-10(8)13/h2-5,7,9,13H,6,12H2,1H3. The number of para-hydroxylation sites is 1. The maximum atomic E-state index is 13.2. The predicted octanol–water partition coefficient (Wildman–Crippen LogP) is 1.62. The zero-order valence-corrected chi connectivity index (χ0v) is 7.57. The molecular weight excluding hydrogens is 169 g/mol. The molecule has 2 nitrogen and oxygen atoms in total. The Morgan fingerprint density at radius 3 is 2.62 bits per heavy atom. The minimum Gasteiger partial charge on any atom is -0.508 e. The van der Waals surface area contributed by atoms with Crippen molar-refractivity contribution in [3.63, 3.8) is 0 Å². The summed E-state index contributed by atoms with van der Waals surface area (Å²) in [6, 6.07) is 6.22. The largest absolute Gasteiger partial charge is 0.508 e. The monoisotopic (exact) mass is 183 g/mol. The van der Waals surface area contributed by atoms with Crippen LogP contribution < -0.4 is 5.73 Å². The third-order valence-electron chi connectivity index (χ3n) is 1.98. The lowest BCUT2D eigenvalue weighted by Gasteiger charge is -2.12. The van der Waals surface area contributed by atoms with Crippen LogP contribution in [0.5, 0.6) is 5.75 Å². The zero-order valence-electron chi connectivity index (χ0n) is 7.57. The van der Waals surface area contributed by atoms with Gasteiger partial charge in [0.15, 0.2) is 0 Å². The van der Waals surface area contributed by atoms with E-state index in [1.165, 1.54) is 0 Å². The van der Waals surface area contributed by atoms with Crippen molar-refractivity contribution in [2.75, 3.05) is 0 Å². The molecule has 1 rings (SSSR count). The van der Waals surface area contributed by atoms with Crippen LogP contribution in [-0.2, 0) is 6.42 Å². The quantitative estimate of drug-likeness (QED) is 0.748. The van der Waals surface area contributed by atoms with Gasteiger partial charge in [0.25, 0.3) is 0 Å². The first-order valence-electron chi connectivity index (χ1n) is 4.27. The third-order valence-corrected chi connectivity index (χ3v) is 1.98. The lowest BCUT2D eigenvalue weighted by molar-refractivity contribution is 0.288. The van der Waals surface area contributed by atoms with E-state index < -0.39 is 12.2 Å². The van der Waals surface area contributed by atoms with E-state index in [1.807, 2.05) is 0 Å². The number of rotatable bonds is 3. The number of phenolic OH excluding ortho intramolecular Hbond substituents is 1. The van der Waals surface area contributed by atoms with Crippen molar-refractivity contribution >= 4 is 0 Å². The molecule has 0 aliphatic heterocycles. The third kappa shape index (κ3) is 2.70. The summed E-state index contributed by atoms with van der Waals surface area (Å²) in [5.74, 6) is 0.130. The fourth-order valence-corrected chi connectivity index (χ4v) is 1.08. The number of aromatic hydroxyl groups is 1. The Kier molecular flexibility index (Phi) is 3.25. The summed E-state index contributed by atoms with van der Waals surface area (Å²) in [6.07, 6.45) is -0.932. The molecule has 0 spiro atoms. The van der Waals surface area contributed by atoms with Crippen molar-refractivity contribution in [2.45, 2.75) is 25.6 Å². The van der Waals surface area contributed by atoms with Gasteiger partial charge in [0.05, 0.1) is 0 Å². The van der Waals surface area contributed by atoms with E-state index in [1.54, 1.807) is 31.2 Å². The second kappa shape index (κ2) is 4.23. The highest BCUT2D eigenvalue weighted by molar-refractivity contribution is 5.32. The van der Waals surface area contributed by atoms with Crippen LogP contribution in [0.1, 0.15) is 12.5 Å². The van der Waals surface area contributed by atoms with Gasteiger partial charge in [-0.15, -0.1) is 0 Å².